The first-order valence-electron chi connectivity index (χ1n) is 6.62. The first-order valence-corrected chi connectivity index (χ1v) is 7.38. The fourth-order valence-electron chi connectivity index (χ4n) is 2.30. The number of rotatable bonds is 5. The van der Waals surface area contributed by atoms with Gasteiger partial charge < -0.3 is 5.32 Å². The van der Waals surface area contributed by atoms with Gasteiger partial charge in [-0.05, 0) is 54.4 Å². The lowest BCUT2D eigenvalue weighted by Gasteiger charge is -2.19. The largest absolute Gasteiger partial charge is 0.310 e. The molecule has 0 radical (unpaired) electrons. The zero-order valence-corrected chi connectivity index (χ0v) is 13.0. The minimum Gasteiger partial charge on any atom is -0.310 e. The van der Waals surface area contributed by atoms with Gasteiger partial charge in [0.1, 0.15) is 11.6 Å². The maximum absolute atomic E-state index is 13.3. The fourth-order valence-corrected chi connectivity index (χ4v) is 2.84. The molecule has 0 heterocycles. The van der Waals surface area contributed by atoms with Crippen LogP contribution in [0.2, 0.25) is 10.0 Å². The molecule has 0 aliphatic rings. The lowest BCUT2D eigenvalue weighted by Crippen LogP contribution is -2.23. The smallest absolute Gasteiger partial charge is 0.126 e. The number of halogens is 4. The van der Waals surface area contributed by atoms with E-state index in [4.69, 9.17) is 23.2 Å². The Bertz CT molecular complexity index is 591. The highest BCUT2D eigenvalue weighted by Crippen LogP contribution is 2.26. The summed E-state index contributed by atoms with van der Waals surface area (Å²) in [5.41, 5.74) is 1.47. The quantitative estimate of drug-likeness (QED) is 0.798. The summed E-state index contributed by atoms with van der Waals surface area (Å²) < 4.78 is 26.6. The van der Waals surface area contributed by atoms with Crippen LogP contribution in [0.3, 0.4) is 0 Å². The van der Waals surface area contributed by atoms with Crippen LogP contribution in [0.15, 0.2) is 36.4 Å². The van der Waals surface area contributed by atoms with Crippen molar-refractivity contribution in [3.63, 3.8) is 0 Å². The third-order valence-electron chi connectivity index (χ3n) is 3.10. The van der Waals surface area contributed by atoms with Gasteiger partial charge in [-0.15, -0.1) is 0 Å². The van der Waals surface area contributed by atoms with Crippen LogP contribution < -0.4 is 5.32 Å². The summed E-state index contributed by atoms with van der Waals surface area (Å²) in [5.74, 6) is -1.16. The highest BCUT2D eigenvalue weighted by molar-refractivity contribution is 6.34. The molecule has 21 heavy (non-hydrogen) atoms. The predicted octanol–water partition coefficient (Wildman–Crippen LogP) is 5.16. The number of hydrogen-bond acceptors (Lipinski definition) is 1. The molecule has 0 bridgehead atoms. The van der Waals surface area contributed by atoms with E-state index < -0.39 is 11.6 Å². The van der Waals surface area contributed by atoms with E-state index in [9.17, 15) is 8.78 Å². The summed E-state index contributed by atoms with van der Waals surface area (Å²) in [6.07, 6.45) is 0.444. The number of likely N-dealkylation sites (N-methyl/N-ethyl adjacent to an activating group) is 1. The zero-order valence-electron chi connectivity index (χ0n) is 11.5. The van der Waals surface area contributed by atoms with Crippen molar-refractivity contribution in [2.45, 2.75) is 19.4 Å². The van der Waals surface area contributed by atoms with Crippen LogP contribution in [0.5, 0.6) is 0 Å². The molecule has 1 N–H and O–H groups in total. The molecule has 0 aliphatic carbocycles. The molecule has 112 valence electrons. The second kappa shape index (κ2) is 7.21. The molecule has 1 unspecified atom stereocenters. The van der Waals surface area contributed by atoms with Crippen LogP contribution in [0.4, 0.5) is 8.78 Å². The molecule has 0 aliphatic heterocycles. The van der Waals surface area contributed by atoms with Crippen LogP contribution in [0.25, 0.3) is 0 Å². The lowest BCUT2D eigenvalue weighted by atomic mass is 9.98. The van der Waals surface area contributed by atoms with Crippen molar-refractivity contribution < 1.29 is 8.78 Å². The maximum atomic E-state index is 13.3. The summed E-state index contributed by atoms with van der Waals surface area (Å²) in [4.78, 5) is 0. The van der Waals surface area contributed by atoms with Gasteiger partial charge in [-0.2, -0.15) is 0 Å². The molecule has 0 spiro atoms. The van der Waals surface area contributed by atoms with Crippen molar-refractivity contribution >= 4 is 23.2 Å². The van der Waals surface area contributed by atoms with Gasteiger partial charge in [-0.1, -0.05) is 30.1 Å². The normalized spacial score (nSPS) is 12.4. The number of nitrogens with one attached hydrogen (secondary N) is 1. The third kappa shape index (κ3) is 4.67. The molecule has 0 amide bonds. The van der Waals surface area contributed by atoms with E-state index >= 15 is 0 Å². The number of hydrogen-bond donors (Lipinski definition) is 1. The molecule has 0 saturated carbocycles. The predicted molar refractivity (Wildman–Crippen MR) is 82.9 cm³/mol. The van der Waals surface area contributed by atoms with Crippen molar-refractivity contribution in [1.29, 1.82) is 0 Å². The van der Waals surface area contributed by atoms with Crippen molar-refractivity contribution in [2.24, 2.45) is 0 Å². The Balaban J connectivity index is 2.30. The lowest BCUT2D eigenvalue weighted by molar-refractivity contribution is 0.539. The molecule has 5 heteroatoms. The topological polar surface area (TPSA) is 12.0 Å². The second-order valence-corrected chi connectivity index (χ2v) is 5.67. The highest BCUT2D eigenvalue weighted by atomic mass is 35.5. The summed E-state index contributed by atoms with van der Waals surface area (Å²) >= 11 is 12.0. The molecule has 2 aromatic carbocycles. The molecule has 2 rings (SSSR count). The van der Waals surface area contributed by atoms with Crippen molar-refractivity contribution in [2.75, 3.05) is 6.54 Å². The van der Waals surface area contributed by atoms with Gasteiger partial charge in [0.25, 0.3) is 0 Å². The zero-order chi connectivity index (χ0) is 15.4. The summed E-state index contributed by atoms with van der Waals surface area (Å²) in [6, 6.07) is 8.67. The highest BCUT2D eigenvalue weighted by Gasteiger charge is 2.14. The minimum absolute atomic E-state index is 0.118. The van der Waals surface area contributed by atoms with Crippen LogP contribution in [0, 0.1) is 11.6 Å². The van der Waals surface area contributed by atoms with E-state index in [0.717, 1.165) is 11.6 Å². The first kappa shape index (κ1) is 16.2. The molecule has 0 aromatic heterocycles. The van der Waals surface area contributed by atoms with Gasteiger partial charge in [-0.25, -0.2) is 8.78 Å². The molecule has 2 aromatic rings. The summed E-state index contributed by atoms with van der Waals surface area (Å²) in [5, 5.41) is 4.34. The van der Waals surface area contributed by atoms with E-state index in [1.54, 1.807) is 18.2 Å². The van der Waals surface area contributed by atoms with Gasteiger partial charge >= 0.3 is 0 Å². The van der Waals surface area contributed by atoms with Crippen LogP contribution in [0.1, 0.15) is 24.1 Å². The van der Waals surface area contributed by atoms with Crippen molar-refractivity contribution in [1.82, 2.24) is 5.32 Å². The Morgan fingerprint density at radius 2 is 1.52 bits per heavy atom. The van der Waals surface area contributed by atoms with E-state index in [2.05, 4.69) is 5.32 Å². The summed E-state index contributed by atoms with van der Waals surface area (Å²) in [7, 11) is 0. The molecule has 1 atom stereocenters. The molecule has 0 fully saturated rings. The van der Waals surface area contributed by atoms with E-state index in [1.165, 1.54) is 12.1 Å². The van der Waals surface area contributed by atoms with Crippen LogP contribution in [-0.2, 0) is 6.42 Å². The Kier molecular flexibility index (Phi) is 5.57. The van der Waals surface area contributed by atoms with Crippen molar-refractivity contribution in [3.05, 3.63) is 69.2 Å². The first-order chi connectivity index (χ1) is 9.97. The van der Waals surface area contributed by atoms with Gasteiger partial charge in [0, 0.05) is 22.2 Å². The molecule has 0 saturated heterocycles. The Hall–Kier alpha value is -1.16. The second-order valence-electron chi connectivity index (χ2n) is 4.79. The Labute approximate surface area is 132 Å². The maximum Gasteiger partial charge on any atom is 0.126 e. The Morgan fingerprint density at radius 1 is 0.952 bits per heavy atom. The monoisotopic (exact) mass is 329 g/mol. The SMILES string of the molecule is CCNC(Cc1cc(F)cc(F)c1)c1cc(Cl)cc(Cl)c1. The standard InChI is InChI=1S/C16H15Cl2F2N/c1-2-21-16(11-6-12(17)8-13(18)7-11)5-10-3-14(19)9-15(20)4-10/h3-4,6-9,16,21H,2,5H2,1H3. The van der Waals surface area contributed by atoms with Crippen LogP contribution in [-0.4, -0.2) is 6.54 Å². The van der Waals surface area contributed by atoms with Crippen LogP contribution >= 0.6 is 23.2 Å². The van der Waals surface area contributed by atoms with Gasteiger partial charge in [0.2, 0.25) is 0 Å². The van der Waals surface area contributed by atoms with E-state index in [0.29, 0.717) is 28.6 Å². The minimum atomic E-state index is -0.579. The van der Waals surface area contributed by atoms with Gasteiger partial charge in [0.15, 0.2) is 0 Å². The van der Waals surface area contributed by atoms with Gasteiger partial charge in [-0.3, -0.25) is 0 Å². The van der Waals surface area contributed by atoms with E-state index in [1.807, 2.05) is 6.92 Å². The summed E-state index contributed by atoms with van der Waals surface area (Å²) in [6.45, 7) is 2.68. The van der Waals surface area contributed by atoms with Crippen molar-refractivity contribution in [3.8, 4) is 0 Å². The average Bonchev–Trinajstić information content (AvgIpc) is 2.35. The average molecular weight is 330 g/mol. The number of benzene rings is 2. The molecular weight excluding hydrogens is 315 g/mol. The van der Waals surface area contributed by atoms with E-state index in [-0.39, 0.29) is 6.04 Å². The Morgan fingerprint density at radius 3 is 2.05 bits per heavy atom. The molecule has 1 nitrogen and oxygen atoms in total. The fraction of sp³-hybridized carbons (Fsp3) is 0.250. The van der Waals surface area contributed by atoms with Gasteiger partial charge in [0.05, 0.1) is 0 Å². The molecular formula is C16H15Cl2F2N. The third-order valence-corrected chi connectivity index (χ3v) is 3.54.